The molecule has 1 saturated heterocycles. The molecule has 4 nitrogen and oxygen atoms in total. The number of rotatable bonds is 3. The van der Waals surface area contributed by atoms with Crippen LogP contribution in [-0.2, 0) is 16.0 Å². The van der Waals surface area contributed by atoms with Crippen LogP contribution in [0.4, 0.5) is 15.8 Å². The second-order valence-corrected chi connectivity index (χ2v) is 5.47. The summed E-state index contributed by atoms with van der Waals surface area (Å²) in [6, 6.07) is 3.24. The van der Waals surface area contributed by atoms with E-state index in [0.29, 0.717) is 24.4 Å². The highest BCUT2D eigenvalue weighted by Gasteiger charge is 2.19. The standard InChI is InChI=1S/C15H19FN2O2/c16-12-7-11-1-2-15(19)18-13(11)8-14(12)17-9-10-3-5-20-6-4-10/h7-8,10,17H,1-6,9H2,(H,18,19). The minimum atomic E-state index is -0.244. The third-order valence-electron chi connectivity index (χ3n) is 4.01. The lowest BCUT2D eigenvalue weighted by molar-refractivity contribution is -0.116. The van der Waals surface area contributed by atoms with Gasteiger partial charge < -0.3 is 15.4 Å². The van der Waals surface area contributed by atoms with Crippen LogP contribution < -0.4 is 10.6 Å². The van der Waals surface area contributed by atoms with Gasteiger partial charge in [-0.25, -0.2) is 4.39 Å². The zero-order valence-corrected chi connectivity index (χ0v) is 11.4. The molecule has 1 aromatic rings. The molecule has 0 spiro atoms. The number of nitrogens with one attached hydrogen (secondary N) is 2. The van der Waals surface area contributed by atoms with E-state index in [-0.39, 0.29) is 11.7 Å². The lowest BCUT2D eigenvalue weighted by atomic mass is 9.99. The van der Waals surface area contributed by atoms with Crippen LogP contribution in [0.2, 0.25) is 0 Å². The van der Waals surface area contributed by atoms with Crippen molar-refractivity contribution in [3.05, 3.63) is 23.5 Å². The first kappa shape index (κ1) is 13.4. The molecule has 0 aromatic heterocycles. The topological polar surface area (TPSA) is 50.4 Å². The van der Waals surface area contributed by atoms with Crippen molar-refractivity contribution in [2.75, 3.05) is 30.4 Å². The summed E-state index contributed by atoms with van der Waals surface area (Å²) in [6.45, 7) is 2.32. The Labute approximate surface area is 117 Å². The SMILES string of the molecule is O=C1CCc2cc(F)c(NCC3CCOCC3)cc2N1. The van der Waals surface area contributed by atoms with Gasteiger partial charge in [0.2, 0.25) is 5.91 Å². The van der Waals surface area contributed by atoms with E-state index in [0.717, 1.165) is 43.9 Å². The van der Waals surface area contributed by atoms with Crippen molar-refractivity contribution >= 4 is 17.3 Å². The van der Waals surface area contributed by atoms with E-state index in [1.807, 2.05) is 0 Å². The molecular formula is C15H19FN2O2. The van der Waals surface area contributed by atoms with Gasteiger partial charge in [-0.3, -0.25) is 4.79 Å². The van der Waals surface area contributed by atoms with Gasteiger partial charge in [-0.15, -0.1) is 0 Å². The maximum atomic E-state index is 14.0. The molecule has 0 bridgehead atoms. The Morgan fingerprint density at radius 3 is 2.90 bits per heavy atom. The molecule has 0 saturated carbocycles. The van der Waals surface area contributed by atoms with Crippen LogP contribution in [0.5, 0.6) is 0 Å². The molecule has 5 heteroatoms. The van der Waals surface area contributed by atoms with Crippen LogP contribution in [-0.4, -0.2) is 25.7 Å². The molecule has 0 aliphatic carbocycles. The Morgan fingerprint density at radius 2 is 2.10 bits per heavy atom. The highest BCUT2D eigenvalue weighted by molar-refractivity contribution is 5.94. The molecule has 1 amide bonds. The second-order valence-electron chi connectivity index (χ2n) is 5.47. The van der Waals surface area contributed by atoms with Crippen molar-refractivity contribution < 1.29 is 13.9 Å². The normalized spacial score (nSPS) is 19.4. The summed E-state index contributed by atoms with van der Waals surface area (Å²) >= 11 is 0. The number of carbonyl (C=O) groups excluding carboxylic acids is 1. The zero-order chi connectivity index (χ0) is 13.9. The minimum Gasteiger partial charge on any atom is -0.382 e. The number of hydrogen-bond donors (Lipinski definition) is 2. The molecule has 108 valence electrons. The summed E-state index contributed by atoms with van der Waals surface area (Å²) in [7, 11) is 0. The quantitative estimate of drug-likeness (QED) is 0.893. The molecule has 2 aliphatic rings. The number of halogens is 1. The molecule has 3 rings (SSSR count). The van der Waals surface area contributed by atoms with E-state index in [4.69, 9.17) is 4.74 Å². The van der Waals surface area contributed by atoms with Gasteiger partial charge in [0, 0.05) is 31.9 Å². The first-order valence-electron chi connectivity index (χ1n) is 7.16. The Hall–Kier alpha value is -1.62. The summed E-state index contributed by atoms with van der Waals surface area (Å²) in [5.41, 5.74) is 2.08. The zero-order valence-electron chi connectivity index (χ0n) is 11.4. The molecule has 2 heterocycles. The maximum Gasteiger partial charge on any atom is 0.224 e. The largest absolute Gasteiger partial charge is 0.382 e. The number of amides is 1. The van der Waals surface area contributed by atoms with E-state index >= 15 is 0 Å². The first-order chi connectivity index (χ1) is 9.72. The highest BCUT2D eigenvalue weighted by atomic mass is 19.1. The van der Waals surface area contributed by atoms with Gasteiger partial charge in [0.15, 0.2) is 0 Å². The lowest BCUT2D eigenvalue weighted by Gasteiger charge is -2.24. The number of carbonyl (C=O) groups is 1. The van der Waals surface area contributed by atoms with E-state index in [1.165, 1.54) is 6.07 Å². The second kappa shape index (κ2) is 5.79. The van der Waals surface area contributed by atoms with Gasteiger partial charge in [0.25, 0.3) is 0 Å². The van der Waals surface area contributed by atoms with Gasteiger partial charge >= 0.3 is 0 Å². The summed E-state index contributed by atoms with van der Waals surface area (Å²) in [5, 5.41) is 5.97. The third kappa shape index (κ3) is 2.93. The fourth-order valence-electron chi connectivity index (χ4n) is 2.74. The highest BCUT2D eigenvalue weighted by Crippen LogP contribution is 2.29. The van der Waals surface area contributed by atoms with Crippen LogP contribution in [0.15, 0.2) is 12.1 Å². The third-order valence-corrected chi connectivity index (χ3v) is 4.01. The monoisotopic (exact) mass is 278 g/mol. The van der Waals surface area contributed by atoms with Crippen molar-refractivity contribution in [2.45, 2.75) is 25.7 Å². The van der Waals surface area contributed by atoms with E-state index in [9.17, 15) is 9.18 Å². The van der Waals surface area contributed by atoms with Gasteiger partial charge in [-0.2, -0.15) is 0 Å². The Morgan fingerprint density at radius 1 is 1.30 bits per heavy atom. The molecule has 2 aliphatic heterocycles. The van der Waals surface area contributed by atoms with Crippen LogP contribution in [0.3, 0.4) is 0 Å². The lowest BCUT2D eigenvalue weighted by Crippen LogP contribution is -2.23. The van der Waals surface area contributed by atoms with Gasteiger partial charge in [-0.05, 0) is 42.9 Å². The molecule has 0 atom stereocenters. The summed E-state index contributed by atoms with van der Waals surface area (Å²) in [4.78, 5) is 11.4. The first-order valence-corrected chi connectivity index (χ1v) is 7.16. The van der Waals surface area contributed by atoms with Crippen molar-refractivity contribution in [3.8, 4) is 0 Å². The Kier molecular flexibility index (Phi) is 3.87. The van der Waals surface area contributed by atoms with Crippen LogP contribution in [0.25, 0.3) is 0 Å². The summed E-state index contributed by atoms with van der Waals surface area (Å²) in [6.07, 6.45) is 3.06. The molecule has 1 aromatic carbocycles. The maximum absolute atomic E-state index is 14.0. The van der Waals surface area contributed by atoms with Crippen molar-refractivity contribution in [1.29, 1.82) is 0 Å². The predicted octanol–water partition coefficient (Wildman–Crippen LogP) is 2.55. The number of fused-ring (bicyclic) bond motifs is 1. The van der Waals surface area contributed by atoms with Crippen molar-refractivity contribution in [3.63, 3.8) is 0 Å². The molecule has 20 heavy (non-hydrogen) atoms. The summed E-state index contributed by atoms with van der Waals surface area (Å²) in [5.74, 6) is 0.278. The minimum absolute atomic E-state index is 0.000475. The van der Waals surface area contributed by atoms with Crippen molar-refractivity contribution in [1.82, 2.24) is 0 Å². The number of aryl methyl sites for hydroxylation is 1. The molecule has 1 fully saturated rings. The van der Waals surface area contributed by atoms with E-state index in [2.05, 4.69) is 10.6 Å². The number of ether oxygens (including phenoxy) is 1. The molecule has 0 unspecified atom stereocenters. The predicted molar refractivity (Wildman–Crippen MR) is 75.4 cm³/mol. The van der Waals surface area contributed by atoms with Crippen LogP contribution in [0.1, 0.15) is 24.8 Å². The fraction of sp³-hybridized carbons (Fsp3) is 0.533. The number of benzene rings is 1. The fourth-order valence-corrected chi connectivity index (χ4v) is 2.74. The molecular weight excluding hydrogens is 259 g/mol. The average Bonchev–Trinajstić information content (AvgIpc) is 2.46. The van der Waals surface area contributed by atoms with Crippen LogP contribution in [0, 0.1) is 11.7 Å². The number of anilines is 2. The Balaban J connectivity index is 1.69. The van der Waals surface area contributed by atoms with Gasteiger partial charge in [-0.1, -0.05) is 0 Å². The van der Waals surface area contributed by atoms with E-state index < -0.39 is 0 Å². The summed E-state index contributed by atoms with van der Waals surface area (Å²) < 4.78 is 19.3. The Bertz CT molecular complexity index is 513. The molecule has 0 radical (unpaired) electrons. The van der Waals surface area contributed by atoms with Crippen LogP contribution >= 0.6 is 0 Å². The molecule has 2 N–H and O–H groups in total. The van der Waals surface area contributed by atoms with E-state index in [1.54, 1.807) is 6.07 Å². The average molecular weight is 278 g/mol. The van der Waals surface area contributed by atoms with Gasteiger partial charge in [0.1, 0.15) is 5.82 Å². The number of hydrogen-bond acceptors (Lipinski definition) is 3. The smallest absolute Gasteiger partial charge is 0.224 e. The van der Waals surface area contributed by atoms with Gasteiger partial charge in [0.05, 0.1) is 5.69 Å². The van der Waals surface area contributed by atoms with Crippen molar-refractivity contribution in [2.24, 2.45) is 5.92 Å².